The van der Waals surface area contributed by atoms with Gasteiger partial charge in [0, 0.05) is 18.5 Å². The van der Waals surface area contributed by atoms with Crippen LogP contribution >= 0.6 is 0 Å². The summed E-state index contributed by atoms with van der Waals surface area (Å²) in [6, 6.07) is 12.7. The molecule has 0 radical (unpaired) electrons. The van der Waals surface area contributed by atoms with Crippen molar-refractivity contribution in [3.05, 3.63) is 92.1 Å². The van der Waals surface area contributed by atoms with E-state index < -0.39 is 17.1 Å². The number of hydroxylamine groups is 1. The Morgan fingerprint density at radius 3 is 2.53 bits per heavy atom. The normalized spacial score (nSPS) is 13.4. The summed E-state index contributed by atoms with van der Waals surface area (Å²) >= 11 is 0. The molecule has 0 saturated heterocycles. The molecule has 10 heteroatoms. The molecular weight excluding hydrogens is 441 g/mol. The third-order valence-corrected chi connectivity index (χ3v) is 6.01. The molecule has 0 spiro atoms. The predicted molar refractivity (Wildman–Crippen MR) is 122 cm³/mol. The molecule has 0 bridgehead atoms. The molecule has 1 fully saturated rings. The Labute approximate surface area is 192 Å². The Morgan fingerprint density at radius 2 is 1.85 bits per heavy atom. The first-order chi connectivity index (χ1) is 16.4. The van der Waals surface area contributed by atoms with Gasteiger partial charge in [0.1, 0.15) is 17.2 Å². The molecule has 34 heavy (non-hydrogen) atoms. The number of H-pyrrole nitrogens is 1. The number of carbonyl (C=O) groups is 1. The maximum Gasteiger partial charge on any atom is 0.333 e. The quantitative estimate of drug-likeness (QED) is 0.237. The molecule has 9 nitrogen and oxygen atoms in total. The summed E-state index contributed by atoms with van der Waals surface area (Å²) in [5.41, 5.74) is 0.833. The van der Waals surface area contributed by atoms with Gasteiger partial charge in [0.25, 0.3) is 5.56 Å². The monoisotopic (exact) mass is 463 g/mol. The third kappa shape index (κ3) is 4.15. The minimum atomic E-state index is -0.550. The third-order valence-electron chi connectivity index (χ3n) is 6.01. The number of hydrogen-bond donors (Lipinski definition) is 2. The zero-order chi connectivity index (χ0) is 23.8. The molecule has 2 N–H and O–H groups in total. The van der Waals surface area contributed by atoms with E-state index in [9.17, 15) is 24.0 Å². The van der Waals surface area contributed by atoms with Crippen molar-refractivity contribution >= 4 is 23.3 Å². The minimum Gasteiger partial charge on any atom is -0.336 e. The van der Waals surface area contributed by atoms with Crippen molar-refractivity contribution < 1.29 is 14.4 Å². The summed E-state index contributed by atoms with van der Waals surface area (Å²) in [5.74, 6) is 0.364. The van der Waals surface area contributed by atoms with Crippen molar-refractivity contribution in [3.8, 4) is 0 Å². The Morgan fingerprint density at radius 1 is 1.12 bits per heavy atom. The SMILES string of the molecule is O=CN(O)c1ccc(Cc2nc3c([nH]2)c(=O)n(Cc2ccccc2F)c(=O)n3CC2CC2)cc1. The number of imidazole rings is 1. The first-order valence-electron chi connectivity index (χ1n) is 10.9. The Hall–Kier alpha value is -4.05. The van der Waals surface area contributed by atoms with Crippen LogP contribution in [0.3, 0.4) is 0 Å². The van der Waals surface area contributed by atoms with Crippen LogP contribution in [0, 0.1) is 11.7 Å². The summed E-state index contributed by atoms with van der Waals surface area (Å²) in [6.45, 7) is 0.277. The fourth-order valence-corrected chi connectivity index (χ4v) is 3.98. The largest absolute Gasteiger partial charge is 0.336 e. The smallest absolute Gasteiger partial charge is 0.333 e. The zero-order valence-electron chi connectivity index (χ0n) is 18.1. The van der Waals surface area contributed by atoms with Gasteiger partial charge in [0.2, 0.25) is 6.41 Å². The van der Waals surface area contributed by atoms with E-state index in [4.69, 9.17) is 0 Å². The molecule has 1 aliphatic rings. The van der Waals surface area contributed by atoms with E-state index in [-0.39, 0.29) is 17.6 Å². The van der Waals surface area contributed by atoms with Gasteiger partial charge >= 0.3 is 5.69 Å². The van der Waals surface area contributed by atoms with Crippen LogP contribution in [0.1, 0.15) is 29.8 Å². The van der Waals surface area contributed by atoms with Gasteiger partial charge in [-0.25, -0.2) is 14.2 Å². The molecule has 1 saturated carbocycles. The number of anilines is 1. The lowest BCUT2D eigenvalue weighted by molar-refractivity contribution is -0.111. The summed E-state index contributed by atoms with van der Waals surface area (Å²) in [4.78, 5) is 44.8. The highest BCUT2D eigenvalue weighted by Crippen LogP contribution is 2.30. The number of benzene rings is 2. The average molecular weight is 463 g/mol. The van der Waals surface area contributed by atoms with Gasteiger partial charge in [0.15, 0.2) is 5.65 Å². The standard InChI is InChI=1S/C24H22FN5O4/c25-19-4-2-1-3-17(19)13-29-23(32)21-22(28(24(29)33)12-16-5-6-16)27-20(26-21)11-15-7-9-18(10-8-15)30(34)14-31/h1-4,7-10,14,16,34H,5-6,11-13H2,(H,26,27). The van der Waals surface area contributed by atoms with Gasteiger partial charge in [-0.1, -0.05) is 30.3 Å². The zero-order valence-corrected chi connectivity index (χ0v) is 18.1. The lowest BCUT2D eigenvalue weighted by atomic mass is 10.1. The first-order valence-corrected chi connectivity index (χ1v) is 10.9. The number of amides is 1. The van der Waals surface area contributed by atoms with Crippen molar-refractivity contribution in [1.29, 1.82) is 0 Å². The van der Waals surface area contributed by atoms with Crippen molar-refractivity contribution in [1.82, 2.24) is 19.1 Å². The second kappa shape index (κ2) is 8.71. The van der Waals surface area contributed by atoms with E-state index in [0.717, 1.165) is 23.0 Å². The van der Waals surface area contributed by atoms with Crippen LogP contribution in [-0.2, 0) is 24.3 Å². The lowest BCUT2D eigenvalue weighted by Gasteiger charge is -2.11. The van der Waals surface area contributed by atoms with Crippen LogP contribution in [-0.4, -0.2) is 30.7 Å². The molecular formula is C24H22FN5O4. The number of aromatic amines is 1. The van der Waals surface area contributed by atoms with Crippen LogP contribution in [0.15, 0.2) is 58.1 Å². The number of carbonyl (C=O) groups excluding carboxylic acids is 1. The van der Waals surface area contributed by atoms with Crippen LogP contribution in [0.2, 0.25) is 0 Å². The maximum atomic E-state index is 14.2. The molecule has 174 valence electrons. The number of rotatable bonds is 8. The summed E-state index contributed by atoms with van der Waals surface area (Å²) < 4.78 is 16.8. The fourth-order valence-electron chi connectivity index (χ4n) is 3.98. The van der Waals surface area contributed by atoms with Gasteiger partial charge in [-0.05, 0) is 42.5 Å². The molecule has 0 atom stereocenters. The number of aromatic nitrogens is 4. The lowest BCUT2D eigenvalue weighted by Crippen LogP contribution is -2.40. The van der Waals surface area contributed by atoms with Crippen molar-refractivity contribution in [2.24, 2.45) is 5.92 Å². The highest BCUT2D eigenvalue weighted by atomic mass is 19.1. The highest BCUT2D eigenvalue weighted by molar-refractivity contribution is 5.72. The molecule has 2 aromatic carbocycles. The number of fused-ring (bicyclic) bond motifs is 1. The first kappa shape index (κ1) is 21.8. The Bertz CT molecular complexity index is 1480. The molecule has 5 rings (SSSR count). The molecule has 1 amide bonds. The highest BCUT2D eigenvalue weighted by Gasteiger charge is 2.26. The van der Waals surface area contributed by atoms with E-state index in [1.54, 1.807) is 42.5 Å². The minimum absolute atomic E-state index is 0.171. The maximum absolute atomic E-state index is 14.2. The molecule has 2 aromatic heterocycles. The van der Waals surface area contributed by atoms with Crippen LogP contribution < -0.4 is 16.3 Å². The van der Waals surface area contributed by atoms with Gasteiger partial charge in [-0.3, -0.25) is 23.9 Å². The van der Waals surface area contributed by atoms with Crippen molar-refractivity contribution in [2.45, 2.75) is 32.4 Å². The van der Waals surface area contributed by atoms with E-state index >= 15 is 0 Å². The van der Waals surface area contributed by atoms with Gasteiger partial charge < -0.3 is 4.98 Å². The molecule has 1 aliphatic carbocycles. The molecule has 2 heterocycles. The van der Waals surface area contributed by atoms with Gasteiger partial charge in [0.05, 0.1) is 12.2 Å². The molecule has 4 aromatic rings. The summed E-state index contributed by atoms with van der Waals surface area (Å²) in [6.07, 6.45) is 2.64. The predicted octanol–water partition coefficient (Wildman–Crippen LogP) is 2.43. The number of nitrogens with one attached hydrogen (secondary N) is 1. The van der Waals surface area contributed by atoms with E-state index in [2.05, 4.69) is 9.97 Å². The Kier molecular flexibility index (Phi) is 5.58. The average Bonchev–Trinajstić information content (AvgIpc) is 3.57. The molecule has 0 aliphatic heterocycles. The van der Waals surface area contributed by atoms with Crippen molar-refractivity contribution in [3.63, 3.8) is 0 Å². The summed E-state index contributed by atoms with van der Waals surface area (Å²) in [5, 5.41) is 9.94. The second-order valence-electron chi connectivity index (χ2n) is 8.49. The number of hydrogen-bond acceptors (Lipinski definition) is 5. The number of halogens is 1. The van der Waals surface area contributed by atoms with Crippen LogP contribution in [0.5, 0.6) is 0 Å². The van der Waals surface area contributed by atoms with E-state index in [1.165, 1.54) is 10.6 Å². The van der Waals surface area contributed by atoms with Gasteiger partial charge in [-0.15, -0.1) is 0 Å². The second-order valence-corrected chi connectivity index (χ2v) is 8.49. The van der Waals surface area contributed by atoms with Crippen molar-refractivity contribution in [2.75, 3.05) is 5.06 Å². The molecule has 0 unspecified atom stereocenters. The summed E-state index contributed by atoms with van der Waals surface area (Å²) in [7, 11) is 0. The fraction of sp³-hybridized carbons (Fsp3) is 0.250. The topological polar surface area (TPSA) is 113 Å². The van der Waals surface area contributed by atoms with E-state index in [0.29, 0.717) is 47.5 Å². The number of nitrogens with zero attached hydrogens (tertiary/aromatic N) is 4. The Balaban J connectivity index is 1.55. The van der Waals surface area contributed by atoms with Crippen LogP contribution in [0.4, 0.5) is 10.1 Å². The van der Waals surface area contributed by atoms with Crippen LogP contribution in [0.25, 0.3) is 11.2 Å². The van der Waals surface area contributed by atoms with E-state index in [1.807, 2.05) is 0 Å². The van der Waals surface area contributed by atoms with Gasteiger partial charge in [-0.2, -0.15) is 5.06 Å².